The van der Waals surface area contributed by atoms with Gasteiger partial charge in [-0.3, -0.25) is 14.4 Å². The van der Waals surface area contributed by atoms with E-state index in [1.165, 1.54) is 24.3 Å². The van der Waals surface area contributed by atoms with Crippen LogP contribution in [0.25, 0.3) is 0 Å². The molecule has 0 unspecified atom stereocenters. The molecule has 3 rings (SSSR count). The third kappa shape index (κ3) is 6.10. The van der Waals surface area contributed by atoms with Crippen LogP contribution < -0.4 is 11.5 Å². The van der Waals surface area contributed by atoms with E-state index in [-0.39, 0.29) is 30.2 Å². The average Bonchev–Trinajstić information content (AvgIpc) is 3.03. The quantitative estimate of drug-likeness (QED) is 0.639. The summed E-state index contributed by atoms with van der Waals surface area (Å²) in [5, 5.41) is 0. The minimum Gasteiger partial charge on any atom is -0.366 e. The Kier molecular flexibility index (Phi) is 7.70. The first-order chi connectivity index (χ1) is 15.7. The van der Waals surface area contributed by atoms with Gasteiger partial charge in [-0.05, 0) is 48.7 Å². The molecule has 3 amide bonds. The number of hydrogen-bond donors (Lipinski definition) is 2. The summed E-state index contributed by atoms with van der Waals surface area (Å²) < 4.78 is 40.3. The maximum Gasteiger partial charge on any atom is 0.253 e. The zero-order valence-electron chi connectivity index (χ0n) is 17.9. The number of benzene rings is 2. The second kappa shape index (κ2) is 10.5. The van der Waals surface area contributed by atoms with Gasteiger partial charge in [0.15, 0.2) is 11.6 Å². The van der Waals surface area contributed by atoms with Crippen molar-refractivity contribution in [1.29, 1.82) is 0 Å². The SMILES string of the molecule is NC(=O)c1ccc(C(=O)N2CCCN(C(=O)C[C@H](N)Cc3cc(F)c(F)cc3F)CC2)cc1. The van der Waals surface area contributed by atoms with Crippen molar-refractivity contribution in [3.8, 4) is 0 Å². The summed E-state index contributed by atoms with van der Waals surface area (Å²) >= 11 is 0. The Morgan fingerprint density at radius 3 is 2.09 bits per heavy atom. The van der Waals surface area contributed by atoms with Crippen LogP contribution in [0.1, 0.15) is 39.1 Å². The monoisotopic (exact) mass is 462 g/mol. The Labute approximate surface area is 189 Å². The first-order valence-electron chi connectivity index (χ1n) is 10.5. The summed E-state index contributed by atoms with van der Waals surface area (Å²) in [6, 6.07) is 6.48. The van der Waals surface area contributed by atoms with Crippen LogP contribution in [0.15, 0.2) is 36.4 Å². The van der Waals surface area contributed by atoms with E-state index >= 15 is 0 Å². The molecular formula is C23H25F3N4O3. The molecule has 7 nitrogen and oxygen atoms in total. The van der Waals surface area contributed by atoms with E-state index in [2.05, 4.69) is 0 Å². The fraction of sp³-hybridized carbons (Fsp3) is 0.348. The molecule has 1 aliphatic rings. The molecule has 2 aromatic carbocycles. The van der Waals surface area contributed by atoms with Crippen molar-refractivity contribution in [1.82, 2.24) is 9.80 Å². The van der Waals surface area contributed by atoms with Crippen molar-refractivity contribution in [2.75, 3.05) is 26.2 Å². The zero-order valence-corrected chi connectivity index (χ0v) is 17.9. The molecule has 1 fully saturated rings. The van der Waals surface area contributed by atoms with Gasteiger partial charge in [0.2, 0.25) is 11.8 Å². The first-order valence-corrected chi connectivity index (χ1v) is 10.5. The van der Waals surface area contributed by atoms with Gasteiger partial charge in [-0.15, -0.1) is 0 Å². The molecule has 0 radical (unpaired) electrons. The highest BCUT2D eigenvalue weighted by molar-refractivity contribution is 5.97. The highest BCUT2D eigenvalue weighted by Crippen LogP contribution is 2.17. The number of halogens is 3. The number of carbonyl (C=O) groups excluding carboxylic acids is 3. The number of carbonyl (C=O) groups is 3. The lowest BCUT2D eigenvalue weighted by Crippen LogP contribution is -2.40. The topological polar surface area (TPSA) is 110 Å². The van der Waals surface area contributed by atoms with Crippen molar-refractivity contribution >= 4 is 17.7 Å². The summed E-state index contributed by atoms with van der Waals surface area (Å²) in [5.41, 5.74) is 11.8. The van der Waals surface area contributed by atoms with Crippen LogP contribution in [0, 0.1) is 17.5 Å². The molecular weight excluding hydrogens is 437 g/mol. The van der Waals surface area contributed by atoms with E-state index in [1.807, 2.05) is 0 Å². The third-order valence-electron chi connectivity index (χ3n) is 5.56. The van der Waals surface area contributed by atoms with Crippen molar-refractivity contribution in [3.63, 3.8) is 0 Å². The maximum absolute atomic E-state index is 13.8. The van der Waals surface area contributed by atoms with Crippen LogP contribution in [0.4, 0.5) is 13.2 Å². The molecule has 1 aliphatic heterocycles. The standard InChI is InChI=1S/C23H25F3N4O3/c24-18-13-20(26)19(25)11-16(18)10-17(27)12-21(31)29-6-1-7-30(9-8-29)23(33)15-4-2-14(3-5-15)22(28)32/h2-5,11,13,17H,1,6-10,12,27H2,(H2,28,32)/t17-/m1/s1. The van der Waals surface area contributed by atoms with Crippen LogP contribution in [0.3, 0.4) is 0 Å². The van der Waals surface area contributed by atoms with Crippen LogP contribution >= 0.6 is 0 Å². The highest BCUT2D eigenvalue weighted by atomic mass is 19.2. The fourth-order valence-corrected chi connectivity index (χ4v) is 3.76. The van der Waals surface area contributed by atoms with Gasteiger partial charge < -0.3 is 21.3 Å². The molecule has 2 aromatic rings. The van der Waals surface area contributed by atoms with Gasteiger partial charge in [0, 0.05) is 55.8 Å². The summed E-state index contributed by atoms with van der Waals surface area (Å²) in [7, 11) is 0. The summed E-state index contributed by atoms with van der Waals surface area (Å²) in [5.74, 6) is -4.43. The van der Waals surface area contributed by atoms with Crippen molar-refractivity contribution in [2.45, 2.75) is 25.3 Å². The van der Waals surface area contributed by atoms with E-state index in [9.17, 15) is 27.6 Å². The smallest absolute Gasteiger partial charge is 0.253 e. The number of amides is 3. The lowest BCUT2D eigenvalue weighted by atomic mass is 10.0. The second-order valence-corrected chi connectivity index (χ2v) is 7.99. The van der Waals surface area contributed by atoms with Gasteiger partial charge in [-0.1, -0.05) is 0 Å². The molecule has 0 spiro atoms. The third-order valence-corrected chi connectivity index (χ3v) is 5.56. The van der Waals surface area contributed by atoms with E-state index in [4.69, 9.17) is 11.5 Å². The van der Waals surface area contributed by atoms with Crippen LogP contribution in [-0.4, -0.2) is 59.7 Å². The summed E-state index contributed by atoms with van der Waals surface area (Å²) in [6.45, 7) is 1.49. The Morgan fingerprint density at radius 2 is 1.42 bits per heavy atom. The minimum atomic E-state index is -1.28. The Morgan fingerprint density at radius 1 is 0.848 bits per heavy atom. The Bertz CT molecular complexity index is 1050. The van der Waals surface area contributed by atoms with Gasteiger partial charge in [-0.2, -0.15) is 0 Å². The highest BCUT2D eigenvalue weighted by Gasteiger charge is 2.24. The lowest BCUT2D eigenvalue weighted by molar-refractivity contribution is -0.131. The number of primary amides is 1. The molecule has 1 atom stereocenters. The molecule has 0 bridgehead atoms. The molecule has 33 heavy (non-hydrogen) atoms. The molecule has 0 aromatic heterocycles. The normalized spacial score (nSPS) is 15.2. The van der Waals surface area contributed by atoms with E-state index < -0.39 is 29.4 Å². The zero-order chi connectivity index (χ0) is 24.1. The number of nitrogens with two attached hydrogens (primary N) is 2. The predicted octanol–water partition coefficient (Wildman–Crippen LogP) is 1.84. The van der Waals surface area contributed by atoms with Crippen molar-refractivity contribution < 1.29 is 27.6 Å². The molecule has 0 aliphatic carbocycles. The van der Waals surface area contributed by atoms with E-state index in [0.29, 0.717) is 49.8 Å². The Balaban J connectivity index is 1.55. The van der Waals surface area contributed by atoms with E-state index in [1.54, 1.807) is 9.80 Å². The first kappa shape index (κ1) is 24.2. The second-order valence-electron chi connectivity index (χ2n) is 7.99. The number of rotatable bonds is 6. The summed E-state index contributed by atoms with van der Waals surface area (Å²) in [4.78, 5) is 39.8. The van der Waals surface area contributed by atoms with E-state index in [0.717, 1.165) is 6.07 Å². The Hall–Kier alpha value is -3.40. The van der Waals surface area contributed by atoms with Crippen LogP contribution in [0.5, 0.6) is 0 Å². The van der Waals surface area contributed by atoms with Gasteiger partial charge in [0.05, 0.1) is 0 Å². The van der Waals surface area contributed by atoms with Gasteiger partial charge in [0.25, 0.3) is 5.91 Å². The lowest BCUT2D eigenvalue weighted by Gasteiger charge is -2.23. The van der Waals surface area contributed by atoms with Crippen molar-refractivity contribution in [3.05, 3.63) is 70.5 Å². The fourth-order valence-electron chi connectivity index (χ4n) is 3.76. The molecule has 4 N–H and O–H groups in total. The molecule has 1 heterocycles. The van der Waals surface area contributed by atoms with Gasteiger partial charge in [0.1, 0.15) is 5.82 Å². The minimum absolute atomic E-state index is 0.0933. The molecule has 1 saturated heterocycles. The van der Waals surface area contributed by atoms with Crippen molar-refractivity contribution in [2.24, 2.45) is 11.5 Å². The number of nitrogens with zero attached hydrogens (tertiary/aromatic N) is 2. The molecule has 0 saturated carbocycles. The largest absolute Gasteiger partial charge is 0.366 e. The van der Waals surface area contributed by atoms with Crippen LogP contribution in [0.2, 0.25) is 0 Å². The summed E-state index contributed by atoms with van der Waals surface area (Å²) in [6.07, 6.45) is 0.347. The van der Waals surface area contributed by atoms with Gasteiger partial charge in [-0.25, -0.2) is 13.2 Å². The average molecular weight is 462 g/mol. The molecule has 10 heteroatoms. The maximum atomic E-state index is 13.8. The predicted molar refractivity (Wildman–Crippen MR) is 115 cm³/mol. The van der Waals surface area contributed by atoms with Gasteiger partial charge >= 0.3 is 0 Å². The number of hydrogen-bond acceptors (Lipinski definition) is 4. The van der Waals surface area contributed by atoms with Crippen LogP contribution in [-0.2, 0) is 11.2 Å². The molecule has 176 valence electrons.